The summed E-state index contributed by atoms with van der Waals surface area (Å²) in [6, 6.07) is 18.9. The van der Waals surface area contributed by atoms with Crippen molar-refractivity contribution in [2.45, 2.75) is 25.0 Å². The van der Waals surface area contributed by atoms with E-state index in [-0.39, 0.29) is 6.61 Å². The molecular weight excluding hydrogens is 511 g/mol. The maximum atomic E-state index is 10.2. The molecule has 3 aromatic carbocycles. The molecule has 0 aliphatic rings. The maximum absolute atomic E-state index is 10.2. The summed E-state index contributed by atoms with van der Waals surface area (Å²) >= 11 is 5.01. The van der Waals surface area contributed by atoms with E-state index in [0.29, 0.717) is 12.8 Å². The Labute approximate surface area is 219 Å². The van der Waals surface area contributed by atoms with Gasteiger partial charge in [-0.25, -0.2) is 15.0 Å². The van der Waals surface area contributed by atoms with Crippen LogP contribution in [0.1, 0.15) is 12.0 Å². The molecule has 1 unspecified atom stereocenters. The number of hydrogen-bond donors (Lipinski definition) is 2. The minimum atomic E-state index is -0.701. The van der Waals surface area contributed by atoms with Gasteiger partial charge in [-0.15, -0.1) is 34.0 Å². The SMILES string of the molecule is CO[C@H](CO)C(O)CCc1ccc2nc(-c3ccc4nc(-c5ccc6ncsc6c5)sc4c3)sc2c1. The van der Waals surface area contributed by atoms with Crippen LogP contribution in [-0.4, -0.2) is 51.1 Å². The van der Waals surface area contributed by atoms with E-state index < -0.39 is 12.2 Å². The Hall–Kier alpha value is -2.79. The van der Waals surface area contributed by atoms with Gasteiger partial charge in [0.2, 0.25) is 0 Å². The minimum absolute atomic E-state index is 0.193. The van der Waals surface area contributed by atoms with Crippen LogP contribution in [0.3, 0.4) is 0 Å². The number of nitrogens with zero attached hydrogens (tertiary/aromatic N) is 3. The lowest BCUT2D eigenvalue weighted by Gasteiger charge is -2.19. The quantitative estimate of drug-likeness (QED) is 0.244. The molecule has 0 fully saturated rings. The summed E-state index contributed by atoms with van der Waals surface area (Å²) in [5.41, 5.74) is 8.17. The Morgan fingerprint density at radius 2 is 1.47 bits per heavy atom. The fraction of sp³-hybridized carbons (Fsp3) is 0.222. The molecule has 6 nitrogen and oxygen atoms in total. The zero-order chi connectivity index (χ0) is 24.6. The fourth-order valence-corrected chi connectivity index (χ4v) is 7.01. The molecule has 0 bridgehead atoms. The third-order valence-corrected chi connectivity index (χ3v) is 9.23. The van der Waals surface area contributed by atoms with Crippen molar-refractivity contribution in [2.24, 2.45) is 0 Å². The van der Waals surface area contributed by atoms with Crippen molar-refractivity contribution in [3.05, 3.63) is 65.7 Å². The Kier molecular flexibility index (Phi) is 6.51. The molecule has 2 atom stereocenters. The number of thiazole rings is 3. The topological polar surface area (TPSA) is 88.4 Å². The van der Waals surface area contributed by atoms with Gasteiger partial charge >= 0.3 is 0 Å². The highest BCUT2D eigenvalue weighted by molar-refractivity contribution is 7.22. The fourth-order valence-electron chi connectivity index (χ4n) is 4.27. The Balaban J connectivity index is 1.25. The average Bonchev–Trinajstić information content (AvgIpc) is 3.64. The molecule has 3 aromatic heterocycles. The first-order chi connectivity index (χ1) is 17.6. The standard InChI is InChI=1S/C27H23N3O3S3/c1-33-22(13-31)21(32)9-3-15-2-6-19-24(10-15)35-27(29-19)17-5-8-20-25(12-17)36-26(30-20)16-4-7-18-23(11-16)34-14-28-18/h2,4-8,10-12,14,21-22,31-32H,3,9,13H2,1H3/t21?,22-/m1/s1. The first-order valence-electron chi connectivity index (χ1n) is 11.6. The van der Waals surface area contributed by atoms with Gasteiger partial charge in [-0.1, -0.05) is 6.07 Å². The predicted octanol–water partition coefficient (Wildman–Crippen LogP) is 6.15. The molecule has 6 rings (SSSR count). The Morgan fingerprint density at radius 1 is 0.833 bits per heavy atom. The summed E-state index contributed by atoms with van der Waals surface area (Å²) in [5.74, 6) is 0. The second-order valence-electron chi connectivity index (χ2n) is 8.62. The monoisotopic (exact) mass is 533 g/mol. The molecule has 9 heteroatoms. The number of aryl methyl sites for hydroxylation is 1. The molecule has 0 radical (unpaired) electrons. The predicted molar refractivity (Wildman–Crippen MR) is 149 cm³/mol. The van der Waals surface area contributed by atoms with Gasteiger partial charge in [0, 0.05) is 18.2 Å². The van der Waals surface area contributed by atoms with Gasteiger partial charge in [0.1, 0.15) is 16.1 Å². The molecule has 0 amide bonds. The maximum Gasteiger partial charge on any atom is 0.124 e. The Morgan fingerprint density at radius 3 is 2.17 bits per heavy atom. The van der Waals surface area contributed by atoms with E-state index in [0.717, 1.165) is 52.7 Å². The van der Waals surface area contributed by atoms with Crippen molar-refractivity contribution >= 4 is 64.7 Å². The van der Waals surface area contributed by atoms with Crippen molar-refractivity contribution in [2.75, 3.05) is 13.7 Å². The summed E-state index contributed by atoms with van der Waals surface area (Å²) in [5, 5.41) is 21.5. The normalized spacial score (nSPS) is 13.6. The van der Waals surface area contributed by atoms with Gasteiger partial charge in [0.05, 0.1) is 48.9 Å². The third-order valence-electron chi connectivity index (χ3n) is 6.31. The number of benzene rings is 3. The highest BCUT2D eigenvalue weighted by Crippen LogP contribution is 2.37. The number of aliphatic hydroxyl groups is 2. The highest BCUT2D eigenvalue weighted by atomic mass is 32.1. The van der Waals surface area contributed by atoms with Crippen molar-refractivity contribution in [3.8, 4) is 21.1 Å². The molecular formula is C27H23N3O3S3. The number of ether oxygens (including phenoxy) is 1. The second-order valence-corrected chi connectivity index (χ2v) is 11.6. The molecule has 3 heterocycles. The van der Waals surface area contributed by atoms with Gasteiger partial charge in [-0.2, -0.15) is 0 Å². The van der Waals surface area contributed by atoms with E-state index in [4.69, 9.17) is 14.7 Å². The van der Waals surface area contributed by atoms with Crippen LogP contribution >= 0.6 is 34.0 Å². The summed E-state index contributed by atoms with van der Waals surface area (Å²) in [6.45, 7) is -0.193. The smallest absolute Gasteiger partial charge is 0.124 e. The number of fused-ring (bicyclic) bond motifs is 3. The van der Waals surface area contributed by atoms with Gasteiger partial charge < -0.3 is 14.9 Å². The van der Waals surface area contributed by atoms with Crippen LogP contribution in [0, 0.1) is 0 Å². The van der Waals surface area contributed by atoms with Gasteiger partial charge in [-0.3, -0.25) is 0 Å². The second kappa shape index (κ2) is 9.93. The van der Waals surface area contributed by atoms with Crippen LogP contribution in [0.5, 0.6) is 0 Å². The summed E-state index contributed by atoms with van der Waals surface area (Å²) in [7, 11) is 1.50. The van der Waals surface area contributed by atoms with Gasteiger partial charge in [-0.05, 0) is 66.9 Å². The van der Waals surface area contributed by atoms with Crippen LogP contribution in [0.15, 0.2) is 60.1 Å². The van der Waals surface area contributed by atoms with Gasteiger partial charge in [0.25, 0.3) is 0 Å². The van der Waals surface area contributed by atoms with E-state index in [1.165, 1.54) is 11.8 Å². The van der Waals surface area contributed by atoms with E-state index in [9.17, 15) is 10.2 Å². The zero-order valence-electron chi connectivity index (χ0n) is 19.4. The van der Waals surface area contributed by atoms with Crippen molar-refractivity contribution in [1.29, 1.82) is 0 Å². The molecule has 6 aromatic rings. The molecule has 36 heavy (non-hydrogen) atoms. The molecule has 182 valence electrons. The zero-order valence-corrected chi connectivity index (χ0v) is 21.9. The van der Waals surface area contributed by atoms with E-state index in [1.807, 2.05) is 11.6 Å². The number of rotatable bonds is 8. The van der Waals surface area contributed by atoms with Crippen LogP contribution in [0.2, 0.25) is 0 Å². The number of methoxy groups -OCH3 is 1. The summed E-state index contributed by atoms with van der Waals surface area (Å²) in [6.07, 6.45) is -0.0296. The lowest BCUT2D eigenvalue weighted by Crippen LogP contribution is -2.31. The highest BCUT2D eigenvalue weighted by Gasteiger charge is 2.18. The third kappa shape index (κ3) is 4.54. The summed E-state index contributed by atoms with van der Waals surface area (Å²) in [4.78, 5) is 14.1. The number of aromatic nitrogens is 3. The average molecular weight is 534 g/mol. The number of hydrogen-bond acceptors (Lipinski definition) is 9. The minimum Gasteiger partial charge on any atom is -0.394 e. The molecule has 0 aliphatic heterocycles. The van der Waals surface area contributed by atoms with Crippen LogP contribution in [-0.2, 0) is 11.2 Å². The van der Waals surface area contributed by atoms with E-state index in [2.05, 4.69) is 53.5 Å². The van der Waals surface area contributed by atoms with E-state index >= 15 is 0 Å². The lowest BCUT2D eigenvalue weighted by molar-refractivity contribution is -0.0435. The van der Waals surface area contributed by atoms with Crippen molar-refractivity contribution in [3.63, 3.8) is 0 Å². The summed E-state index contributed by atoms with van der Waals surface area (Å²) < 4.78 is 8.55. The number of aliphatic hydroxyl groups excluding tert-OH is 2. The molecule has 0 saturated heterocycles. The first kappa shape index (κ1) is 23.6. The molecule has 2 N–H and O–H groups in total. The van der Waals surface area contributed by atoms with Gasteiger partial charge in [0.15, 0.2) is 0 Å². The molecule has 0 saturated carbocycles. The largest absolute Gasteiger partial charge is 0.394 e. The van der Waals surface area contributed by atoms with Crippen molar-refractivity contribution < 1.29 is 14.9 Å². The first-order valence-corrected chi connectivity index (χ1v) is 14.1. The van der Waals surface area contributed by atoms with Crippen LogP contribution < -0.4 is 0 Å². The molecule has 0 aliphatic carbocycles. The van der Waals surface area contributed by atoms with Crippen molar-refractivity contribution in [1.82, 2.24) is 15.0 Å². The van der Waals surface area contributed by atoms with Crippen LogP contribution in [0.4, 0.5) is 0 Å². The molecule has 0 spiro atoms. The Bertz CT molecular complexity index is 1670. The lowest BCUT2D eigenvalue weighted by atomic mass is 10.0. The van der Waals surface area contributed by atoms with E-state index in [1.54, 1.807) is 34.0 Å². The van der Waals surface area contributed by atoms with Crippen LogP contribution in [0.25, 0.3) is 51.8 Å².